The van der Waals surface area contributed by atoms with Gasteiger partial charge in [-0.2, -0.15) is 13.2 Å². The maximum absolute atomic E-state index is 14.0. The van der Waals surface area contributed by atoms with Gasteiger partial charge in [0.05, 0.1) is 24.1 Å². The smallest absolute Gasteiger partial charge is 0.416 e. The molecule has 3 aromatic carbocycles. The average Bonchev–Trinajstić information content (AvgIpc) is 3.36. The lowest BCUT2D eigenvalue weighted by molar-refractivity contribution is -0.137. The van der Waals surface area contributed by atoms with Crippen molar-refractivity contribution in [3.8, 4) is 5.75 Å². The topological polar surface area (TPSA) is 99.1 Å². The van der Waals surface area contributed by atoms with Gasteiger partial charge in [-0.1, -0.05) is 47.5 Å². The van der Waals surface area contributed by atoms with Gasteiger partial charge >= 0.3 is 6.18 Å². The van der Waals surface area contributed by atoms with Gasteiger partial charge in [0.2, 0.25) is 5.91 Å². The molecular formula is C30H25Cl2F3N2O5. The van der Waals surface area contributed by atoms with Crippen LogP contribution in [0.1, 0.15) is 33.0 Å². The summed E-state index contributed by atoms with van der Waals surface area (Å²) in [5, 5.41) is 24.1. The molecule has 0 saturated carbocycles. The van der Waals surface area contributed by atoms with E-state index in [1.807, 2.05) is 0 Å². The standard InChI is InChI=1S/C30H25Cl2F3N2O5/c31-19-10-7-17(22(32)13-19)15-37(29(41)16-5-8-18(9-6-16)30(33,34)35)23-14-21(28(40)36-11-12-38)25-20-3-1-2-4-24(20)42-27(25)26(23)39/h1-10,13-14,23,25-27,38-39H,11-12,15H2,(H,36,40)/t23-,25+,26+,27+/m1/s1. The number of hydrogen-bond acceptors (Lipinski definition) is 5. The second kappa shape index (κ2) is 12.0. The van der Waals surface area contributed by atoms with E-state index < -0.39 is 47.7 Å². The van der Waals surface area contributed by atoms with Crippen molar-refractivity contribution in [2.75, 3.05) is 13.2 Å². The minimum atomic E-state index is -4.60. The number of carbonyl (C=O) groups is 2. The van der Waals surface area contributed by atoms with Gasteiger partial charge in [-0.25, -0.2) is 0 Å². The van der Waals surface area contributed by atoms with Crippen LogP contribution in [0, 0.1) is 0 Å². The highest BCUT2D eigenvalue weighted by Crippen LogP contribution is 2.47. The van der Waals surface area contributed by atoms with Crippen molar-refractivity contribution >= 4 is 35.0 Å². The van der Waals surface area contributed by atoms with E-state index in [9.17, 15) is 33.0 Å². The third kappa shape index (κ3) is 5.85. The van der Waals surface area contributed by atoms with Crippen LogP contribution in [0.2, 0.25) is 10.0 Å². The third-order valence-corrected chi connectivity index (χ3v) is 7.90. The Bertz CT molecular complexity index is 1530. The van der Waals surface area contributed by atoms with E-state index in [0.717, 1.165) is 24.3 Å². The van der Waals surface area contributed by atoms with Crippen LogP contribution in [-0.4, -0.2) is 58.3 Å². The van der Waals surface area contributed by atoms with Crippen molar-refractivity contribution in [1.82, 2.24) is 10.2 Å². The van der Waals surface area contributed by atoms with Crippen molar-refractivity contribution in [2.45, 2.75) is 36.9 Å². The number of nitrogens with zero attached hydrogens (tertiary/aromatic N) is 1. The minimum absolute atomic E-state index is 0.0299. The van der Waals surface area contributed by atoms with Gasteiger partial charge in [-0.05, 0) is 54.1 Å². The van der Waals surface area contributed by atoms with Crippen LogP contribution in [0.3, 0.4) is 0 Å². The number of nitrogens with one attached hydrogen (secondary N) is 1. The zero-order valence-corrected chi connectivity index (χ0v) is 23.3. The molecule has 12 heteroatoms. The molecule has 0 bridgehead atoms. The normalized spacial score (nSPS) is 21.1. The van der Waals surface area contributed by atoms with Gasteiger partial charge in [0.25, 0.3) is 5.91 Å². The molecule has 3 aromatic rings. The molecule has 0 fully saturated rings. The van der Waals surface area contributed by atoms with Gasteiger partial charge < -0.3 is 25.2 Å². The van der Waals surface area contributed by atoms with Crippen molar-refractivity contribution < 1.29 is 37.7 Å². The lowest BCUT2D eigenvalue weighted by Gasteiger charge is -2.41. The summed E-state index contributed by atoms with van der Waals surface area (Å²) in [6.07, 6.45) is -5.44. The molecular weight excluding hydrogens is 596 g/mol. The van der Waals surface area contributed by atoms with Crippen LogP contribution < -0.4 is 10.1 Å². The summed E-state index contributed by atoms with van der Waals surface area (Å²) >= 11 is 12.5. The van der Waals surface area contributed by atoms with Crippen molar-refractivity contribution in [1.29, 1.82) is 0 Å². The Hall–Kier alpha value is -3.57. The van der Waals surface area contributed by atoms with Gasteiger partial charge in [-0.3, -0.25) is 9.59 Å². The molecule has 42 heavy (non-hydrogen) atoms. The van der Waals surface area contributed by atoms with Crippen LogP contribution in [0.25, 0.3) is 0 Å². The first kappa shape index (κ1) is 29.9. The van der Waals surface area contributed by atoms with E-state index in [2.05, 4.69) is 5.32 Å². The lowest BCUT2D eigenvalue weighted by atomic mass is 9.77. The molecule has 1 aliphatic carbocycles. The predicted octanol–water partition coefficient (Wildman–Crippen LogP) is 4.98. The van der Waals surface area contributed by atoms with Gasteiger partial charge in [0, 0.05) is 39.8 Å². The first-order valence-electron chi connectivity index (χ1n) is 13.0. The molecule has 7 nitrogen and oxygen atoms in total. The molecule has 3 N–H and O–H groups in total. The molecule has 1 heterocycles. The van der Waals surface area contributed by atoms with Crippen LogP contribution in [0.15, 0.2) is 78.4 Å². The van der Waals surface area contributed by atoms with E-state index in [-0.39, 0.29) is 35.9 Å². The zero-order valence-electron chi connectivity index (χ0n) is 21.8. The largest absolute Gasteiger partial charge is 0.486 e. The first-order valence-corrected chi connectivity index (χ1v) is 13.7. The number of para-hydroxylation sites is 1. The summed E-state index contributed by atoms with van der Waals surface area (Å²) in [7, 11) is 0. The maximum Gasteiger partial charge on any atom is 0.416 e. The second-order valence-electron chi connectivity index (χ2n) is 9.92. The molecule has 0 spiro atoms. The fourth-order valence-electron chi connectivity index (χ4n) is 5.30. The number of aliphatic hydroxyl groups is 2. The average molecular weight is 621 g/mol. The fraction of sp³-hybridized carbons (Fsp3) is 0.267. The number of hydrogen-bond donors (Lipinski definition) is 3. The molecule has 2 amide bonds. The number of amides is 2. The number of halogens is 5. The highest BCUT2D eigenvalue weighted by molar-refractivity contribution is 6.35. The van der Waals surface area contributed by atoms with Gasteiger partial charge in [0.15, 0.2) is 0 Å². The highest BCUT2D eigenvalue weighted by Gasteiger charge is 2.50. The van der Waals surface area contributed by atoms with Crippen LogP contribution in [0.4, 0.5) is 13.2 Å². The number of alkyl halides is 3. The van der Waals surface area contributed by atoms with E-state index in [1.165, 1.54) is 17.0 Å². The molecule has 0 radical (unpaired) electrons. The van der Waals surface area contributed by atoms with E-state index in [1.54, 1.807) is 36.4 Å². The highest BCUT2D eigenvalue weighted by atomic mass is 35.5. The molecule has 0 unspecified atom stereocenters. The van der Waals surface area contributed by atoms with Crippen LogP contribution >= 0.6 is 23.2 Å². The zero-order chi connectivity index (χ0) is 30.2. The number of carbonyl (C=O) groups excluding carboxylic acids is 2. The number of fused-ring (bicyclic) bond motifs is 3. The maximum atomic E-state index is 14.0. The molecule has 220 valence electrons. The summed E-state index contributed by atoms with van der Waals surface area (Å²) in [6.45, 7) is -0.512. The number of benzene rings is 3. The molecule has 0 aromatic heterocycles. The SMILES string of the molecule is O=C(NCCO)C1=C[C@@H](N(Cc2ccc(Cl)cc2Cl)C(=O)c2ccc(C(F)(F)F)cc2)[C@H](O)[C@H]2Oc3ccccc3[C@@H]12. The predicted molar refractivity (Wildman–Crippen MR) is 149 cm³/mol. The number of rotatable bonds is 7. The molecule has 4 atom stereocenters. The Kier molecular flexibility index (Phi) is 8.52. The van der Waals surface area contributed by atoms with Crippen molar-refractivity contribution in [3.63, 3.8) is 0 Å². The summed E-state index contributed by atoms with van der Waals surface area (Å²) in [5.74, 6) is -1.44. The van der Waals surface area contributed by atoms with Crippen LogP contribution in [0.5, 0.6) is 5.75 Å². The molecule has 0 saturated heterocycles. The van der Waals surface area contributed by atoms with E-state index in [0.29, 0.717) is 21.9 Å². The first-order chi connectivity index (χ1) is 20.0. The van der Waals surface area contributed by atoms with E-state index in [4.69, 9.17) is 27.9 Å². The second-order valence-corrected chi connectivity index (χ2v) is 10.8. The Morgan fingerprint density at radius 2 is 1.74 bits per heavy atom. The number of ether oxygens (including phenoxy) is 1. The lowest BCUT2D eigenvalue weighted by Crippen LogP contribution is -2.55. The molecule has 2 aliphatic rings. The minimum Gasteiger partial charge on any atom is -0.486 e. The van der Waals surface area contributed by atoms with Crippen molar-refractivity contribution in [3.05, 3.63) is 111 Å². The fourth-order valence-corrected chi connectivity index (χ4v) is 5.77. The Morgan fingerprint density at radius 1 is 1.02 bits per heavy atom. The Labute approximate surface area is 249 Å². The summed E-state index contributed by atoms with van der Waals surface area (Å²) < 4.78 is 45.7. The monoisotopic (exact) mass is 620 g/mol. The third-order valence-electron chi connectivity index (χ3n) is 7.31. The van der Waals surface area contributed by atoms with Gasteiger partial charge in [0.1, 0.15) is 18.0 Å². The van der Waals surface area contributed by atoms with Crippen LogP contribution in [-0.2, 0) is 17.5 Å². The molecule has 5 rings (SSSR count). The summed E-state index contributed by atoms with van der Waals surface area (Å²) in [4.78, 5) is 28.5. The quantitative estimate of drug-likeness (QED) is 0.346. The number of aliphatic hydroxyl groups excluding tert-OH is 2. The van der Waals surface area contributed by atoms with Crippen molar-refractivity contribution in [2.24, 2.45) is 0 Å². The summed E-state index contributed by atoms with van der Waals surface area (Å²) in [6, 6.07) is 14.2. The Morgan fingerprint density at radius 3 is 2.40 bits per heavy atom. The Balaban J connectivity index is 1.60. The van der Waals surface area contributed by atoms with Gasteiger partial charge in [-0.15, -0.1) is 0 Å². The molecule has 1 aliphatic heterocycles. The van der Waals surface area contributed by atoms with E-state index >= 15 is 0 Å². The summed E-state index contributed by atoms with van der Waals surface area (Å²) in [5.41, 5.74) is 0.336.